The molecule has 0 radical (unpaired) electrons. The van der Waals surface area contributed by atoms with Crippen LogP contribution in [0, 0.1) is 11.3 Å². The Balaban J connectivity index is 1.48. The van der Waals surface area contributed by atoms with Gasteiger partial charge in [0.05, 0.1) is 22.9 Å². The lowest BCUT2D eigenvalue weighted by Crippen LogP contribution is -2.50. The van der Waals surface area contributed by atoms with Gasteiger partial charge in [-0.3, -0.25) is 4.79 Å². The Bertz CT molecular complexity index is 1050. The fraction of sp³-hybridized carbons (Fsp3) is 0.333. The number of rotatable bonds is 6. The highest BCUT2D eigenvalue weighted by Gasteiger charge is 2.32. The average molecular weight is 500 g/mol. The molecule has 7 nitrogen and oxygen atoms in total. The number of hydrogen-bond acceptors (Lipinski definition) is 6. The number of alkyl halides is 3. The van der Waals surface area contributed by atoms with Crippen LogP contribution >= 0.6 is 23.2 Å². The molecule has 3 rings (SSSR count). The number of halogens is 5. The zero-order valence-corrected chi connectivity index (χ0v) is 18.6. The van der Waals surface area contributed by atoms with Crippen LogP contribution in [0.3, 0.4) is 0 Å². The summed E-state index contributed by atoms with van der Waals surface area (Å²) < 4.78 is 38.3. The van der Waals surface area contributed by atoms with Crippen LogP contribution in [0.2, 0.25) is 10.0 Å². The fourth-order valence-electron chi connectivity index (χ4n) is 3.14. The molecule has 1 aromatic carbocycles. The summed E-state index contributed by atoms with van der Waals surface area (Å²) in [6.07, 6.45) is -2.49. The van der Waals surface area contributed by atoms with Gasteiger partial charge in [0.15, 0.2) is 6.61 Å². The first-order valence-electron chi connectivity index (χ1n) is 9.75. The maximum absolute atomic E-state index is 12.8. The summed E-state index contributed by atoms with van der Waals surface area (Å²) in [4.78, 5) is 24.5. The number of carbonyl (C=O) groups is 1. The second-order valence-corrected chi connectivity index (χ2v) is 7.92. The van der Waals surface area contributed by atoms with Crippen LogP contribution in [0.4, 0.5) is 19.0 Å². The Morgan fingerprint density at radius 1 is 1.24 bits per heavy atom. The molecule has 2 aromatic rings. The summed E-state index contributed by atoms with van der Waals surface area (Å²) >= 11 is 11.8. The molecule has 1 fully saturated rings. The quantitative estimate of drug-likeness (QED) is 0.435. The molecule has 0 N–H and O–H groups in total. The number of benzene rings is 1. The maximum atomic E-state index is 12.8. The van der Waals surface area contributed by atoms with Crippen molar-refractivity contribution in [3.05, 3.63) is 57.7 Å². The molecule has 1 amide bonds. The first-order chi connectivity index (χ1) is 15.7. The van der Waals surface area contributed by atoms with E-state index < -0.39 is 17.7 Å². The molecule has 2 heterocycles. The van der Waals surface area contributed by atoms with Gasteiger partial charge >= 0.3 is 6.18 Å². The van der Waals surface area contributed by atoms with Crippen molar-refractivity contribution in [2.24, 2.45) is 5.16 Å². The monoisotopic (exact) mass is 499 g/mol. The topological polar surface area (TPSA) is 81.8 Å². The molecule has 1 unspecified atom stereocenters. The van der Waals surface area contributed by atoms with Crippen molar-refractivity contribution in [3.63, 3.8) is 0 Å². The SMILES string of the molecule is N#CC(/C=N/OCC(=O)N1CCN(c2ncc(C(F)(F)F)cc2Cl)CC1)c1ccc(Cl)cc1. The van der Waals surface area contributed by atoms with E-state index in [1.54, 1.807) is 34.1 Å². The first-order valence-corrected chi connectivity index (χ1v) is 10.5. The molecule has 1 aliphatic heterocycles. The lowest BCUT2D eigenvalue weighted by Gasteiger charge is -2.35. The summed E-state index contributed by atoms with van der Waals surface area (Å²) in [5, 5.41) is 13.4. The molecule has 0 aliphatic carbocycles. The van der Waals surface area contributed by atoms with Crippen LogP contribution in [-0.4, -0.2) is 54.8 Å². The van der Waals surface area contributed by atoms with Gasteiger partial charge in [-0.2, -0.15) is 18.4 Å². The zero-order valence-electron chi connectivity index (χ0n) is 17.1. The summed E-state index contributed by atoms with van der Waals surface area (Å²) in [6.45, 7) is 1.02. The van der Waals surface area contributed by atoms with Crippen molar-refractivity contribution < 1.29 is 22.8 Å². The molecule has 174 valence electrons. The van der Waals surface area contributed by atoms with Crippen LogP contribution in [0.15, 0.2) is 41.7 Å². The van der Waals surface area contributed by atoms with Crippen molar-refractivity contribution in [1.29, 1.82) is 5.26 Å². The van der Waals surface area contributed by atoms with Gasteiger partial charge in [0, 0.05) is 37.4 Å². The van der Waals surface area contributed by atoms with E-state index >= 15 is 0 Å². The number of nitriles is 1. The number of pyridine rings is 1. The molecule has 12 heteroatoms. The Labute approximate surface area is 197 Å². The third-order valence-electron chi connectivity index (χ3n) is 4.92. The van der Waals surface area contributed by atoms with Crippen LogP contribution < -0.4 is 4.90 Å². The highest BCUT2D eigenvalue weighted by Crippen LogP contribution is 2.33. The normalized spacial score (nSPS) is 15.4. The van der Waals surface area contributed by atoms with Crippen LogP contribution in [0.5, 0.6) is 0 Å². The van der Waals surface area contributed by atoms with Gasteiger partial charge in [0.1, 0.15) is 11.7 Å². The van der Waals surface area contributed by atoms with Crippen molar-refractivity contribution in [2.75, 3.05) is 37.7 Å². The van der Waals surface area contributed by atoms with Crippen molar-refractivity contribution in [2.45, 2.75) is 12.1 Å². The van der Waals surface area contributed by atoms with Gasteiger partial charge in [-0.05, 0) is 23.8 Å². The number of amides is 1. The molecule has 1 saturated heterocycles. The Kier molecular flexibility index (Phi) is 8.00. The standard InChI is InChI=1S/C21H18Cl2F3N5O2/c22-17-3-1-14(2-4-17)15(10-27)11-29-33-13-19(32)30-5-7-31(8-6-30)20-18(23)9-16(12-28-20)21(24,25)26/h1-4,9,11-12,15H,5-8,13H2/b29-11+. The molecular formula is C21H18Cl2F3N5O2. The first kappa shape index (κ1) is 24.6. The Morgan fingerprint density at radius 2 is 1.91 bits per heavy atom. The minimum atomic E-state index is -4.52. The fourth-order valence-corrected chi connectivity index (χ4v) is 3.55. The van der Waals surface area contributed by atoms with Gasteiger partial charge < -0.3 is 14.6 Å². The minimum Gasteiger partial charge on any atom is -0.386 e. The van der Waals surface area contributed by atoms with E-state index in [-0.39, 0.29) is 23.4 Å². The van der Waals surface area contributed by atoms with E-state index in [0.29, 0.717) is 36.8 Å². The predicted molar refractivity (Wildman–Crippen MR) is 117 cm³/mol. The molecule has 0 saturated carbocycles. The van der Waals surface area contributed by atoms with Gasteiger partial charge in [-0.25, -0.2) is 4.98 Å². The number of hydrogen-bond donors (Lipinski definition) is 0. The van der Waals surface area contributed by atoms with E-state index in [0.717, 1.165) is 12.3 Å². The number of aromatic nitrogens is 1. The number of carbonyl (C=O) groups excluding carboxylic acids is 1. The number of oxime groups is 1. The molecular weight excluding hydrogens is 482 g/mol. The Hall–Kier alpha value is -3.03. The van der Waals surface area contributed by atoms with Gasteiger partial charge in [-0.1, -0.05) is 40.5 Å². The average Bonchev–Trinajstić information content (AvgIpc) is 2.79. The smallest absolute Gasteiger partial charge is 0.386 e. The minimum absolute atomic E-state index is 0.102. The summed E-state index contributed by atoms with van der Waals surface area (Å²) in [5.74, 6) is -0.720. The van der Waals surface area contributed by atoms with Gasteiger partial charge in [0.2, 0.25) is 0 Å². The lowest BCUT2D eigenvalue weighted by molar-refractivity contribution is -0.138. The zero-order chi connectivity index (χ0) is 24.0. The highest BCUT2D eigenvalue weighted by atomic mass is 35.5. The van der Waals surface area contributed by atoms with Crippen LogP contribution in [-0.2, 0) is 15.8 Å². The van der Waals surface area contributed by atoms with Crippen molar-refractivity contribution in [1.82, 2.24) is 9.88 Å². The van der Waals surface area contributed by atoms with E-state index in [2.05, 4.69) is 16.2 Å². The number of nitrogens with zero attached hydrogens (tertiary/aromatic N) is 5. The van der Waals surface area contributed by atoms with Crippen LogP contribution in [0.25, 0.3) is 0 Å². The lowest BCUT2D eigenvalue weighted by atomic mass is 10.0. The Morgan fingerprint density at radius 3 is 2.48 bits per heavy atom. The van der Waals surface area contributed by atoms with Crippen LogP contribution in [0.1, 0.15) is 17.0 Å². The highest BCUT2D eigenvalue weighted by molar-refractivity contribution is 6.33. The maximum Gasteiger partial charge on any atom is 0.417 e. The molecule has 1 aliphatic rings. The van der Waals surface area contributed by atoms with Crippen molar-refractivity contribution >= 4 is 41.1 Å². The third-order valence-corrected chi connectivity index (χ3v) is 5.45. The number of piperazine rings is 1. The largest absolute Gasteiger partial charge is 0.417 e. The van der Waals surface area contributed by atoms with Gasteiger partial charge in [0.25, 0.3) is 5.91 Å². The van der Waals surface area contributed by atoms with E-state index in [9.17, 15) is 23.2 Å². The second kappa shape index (κ2) is 10.7. The van der Waals surface area contributed by atoms with Crippen molar-refractivity contribution in [3.8, 4) is 6.07 Å². The summed E-state index contributed by atoms with van der Waals surface area (Å²) in [6, 6.07) is 9.63. The number of anilines is 1. The predicted octanol–water partition coefficient (Wildman–Crippen LogP) is 4.37. The summed E-state index contributed by atoms with van der Waals surface area (Å²) in [5.41, 5.74) is -0.232. The van der Waals surface area contributed by atoms with E-state index in [1.165, 1.54) is 6.21 Å². The summed E-state index contributed by atoms with van der Waals surface area (Å²) in [7, 11) is 0. The molecule has 1 atom stereocenters. The van der Waals surface area contributed by atoms with Gasteiger partial charge in [-0.15, -0.1) is 0 Å². The van der Waals surface area contributed by atoms with E-state index in [1.807, 2.05) is 0 Å². The molecule has 0 bridgehead atoms. The molecule has 0 spiro atoms. The third kappa shape index (κ3) is 6.49. The molecule has 1 aromatic heterocycles. The molecule has 33 heavy (non-hydrogen) atoms. The van der Waals surface area contributed by atoms with E-state index in [4.69, 9.17) is 28.0 Å². The second-order valence-electron chi connectivity index (χ2n) is 7.08.